The SMILES string of the molecule is O=C(O)CCCCC(=O)N1CCc2c(n(Cc3ccco3)c3ncccc23)C1. The van der Waals surface area contributed by atoms with Gasteiger partial charge in [-0.15, -0.1) is 0 Å². The van der Waals surface area contributed by atoms with Crippen LogP contribution in [0.2, 0.25) is 0 Å². The molecule has 7 nitrogen and oxygen atoms in total. The monoisotopic (exact) mass is 381 g/mol. The van der Waals surface area contributed by atoms with Gasteiger partial charge < -0.3 is 19.0 Å². The fraction of sp³-hybridized carbons (Fsp3) is 0.381. The van der Waals surface area contributed by atoms with Gasteiger partial charge in [0.15, 0.2) is 0 Å². The molecule has 1 aliphatic rings. The van der Waals surface area contributed by atoms with Gasteiger partial charge in [-0.25, -0.2) is 4.98 Å². The highest BCUT2D eigenvalue weighted by atomic mass is 16.4. The summed E-state index contributed by atoms with van der Waals surface area (Å²) >= 11 is 0. The van der Waals surface area contributed by atoms with Crippen LogP contribution >= 0.6 is 0 Å². The molecular weight excluding hydrogens is 358 g/mol. The number of aliphatic carboxylic acids is 1. The number of carbonyl (C=O) groups excluding carboxylic acids is 1. The summed E-state index contributed by atoms with van der Waals surface area (Å²) in [6.45, 7) is 1.81. The second-order valence-corrected chi connectivity index (χ2v) is 7.13. The molecule has 0 aliphatic carbocycles. The number of nitrogens with zero attached hydrogens (tertiary/aromatic N) is 3. The third-order valence-corrected chi connectivity index (χ3v) is 5.29. The number of aromatic nitrogens is 2. The van der Waals surface area contributed by atoms with Gasteiger partial charge in [-0.1, -0.05) is 0 Å². The quantitative estimate of drug-likeness (QED) is 0.635. The highest BCUT2D eigenvalue weighted by molar-refractivity contribution is 5.84. The van der Waals surface area contributed by atoms with Crippen LogP contribution in [-0.2, 0) is 29.1 Å². The van der Waals surface area contributed by atoms with Crippen LogP contribution in [0.4, 0.5) is 0 Å². The molecule has 0 spiro atoms. The van der Waals surface area contributed by atoms with Crippen molar-refractivity contribution in [3.63, 3.8) is 0 Å². The fourth-order valence-electron chi connectivity index (χ4n) is 3.91. The number of carboxylic acids is 1. The number of carbonyl (C=O) groups is 2. The predicted octanol–water partition coefficient (Wildman–Crippen LogP) is 3.21. The number of rotatable bonds is 7. The van der Waals surface area contributed by atoms with Crippen molar-refractivity contribution in [3.8, 4) is 0 Å². The fourth-order valence-corrected chi connectivity index (χ4v) is 3.91. The van der Waals surface area contributed by atoms with E-state index in [1.807, 2.05) is 23.1 Å². The second kappa shape index (κ2) is 7.88. The molecule has 1 N–H and O–H groups in total. The van der Waals surface area contributed by atoms with Crippen LogP contribution in [0.3, 0.4) is 0 Å². The molecule has 0 atom stereocenters. The van der Waals surface area contributed by atoms with Gasteiger partial charge in [0.05, 0.1) is 19.4 Å². The molecular formula is C21H23N3O4. The van der Waals surface area contributed by atoms with Gasteiger partial charge in [0, 0.05) is 36.7 Å². The van der Waals surface area contributed by atoms with Gasteiger partial charge >= 0.3 is 5.97 Å². The Morgan fingerprint density at radius 3 is 2.82 bits per heavy atom. The van der Waals surface area contributed by atoms with Gasteiger partial charge in [0.1, 0.15) is 11.4 Å². The summed E-state index contributed by atoms with van der Waals surface area (Å²) in [6.07, 6.45) is 5.88. The van der Waals surface area contributed by atoms with Crippen LogP contribution in [0.1, 0.15) is 42.7 Å². The average Bonchev–Trinajstić information content (AvgIpc) is 3.32. The van der Waals surface area contributed by atoms with Crippen LogP contribution in [-0.4, -0.2) is 38.0 Å². The maximum absolute atomic E-state index is 12.6. The molecule has 1 amide bonds. The van der Waals surface area contributed by atoms with Crippen molar-refractivity contribution >= 4 is 22.9 Å². The molecule has 0 radical (unpaired) electrons. The Kier molecular flexibility index (Phi) is 5.14. The van der Waals surface area contributed by atoms with Crippen molar-refractivity contribution in [2.45, 2.75) is 45.2 Å². The molecule has 28 heavy (non-hydrogen) atoms. The van der Waals surface area contributed by atoms with Crippen molar-refractivity contribution in [2.75, 3.05) is 6.54 Å². The molecule has 146 valence electrons. The van der Waals surface area contributed by atoms with Crippen LogP contribution in [0, 0.1) is 0 Å². The third-order valence-electron chi connectivity index (χ3n) is 5.29. The third kappa shape index (κ3) is 3.65. The number of furan rings is 1. The number of hydrogen-bond donors (Lipinski definition) is 1. The van der Waals surface area contributed by atoms with E-state index < -0.39 is 5.97 Å². The lowest BCUT2D eigenvalue weighted by Gasteiger charge is -2.28. The molecule has 0 saturated carbocycles. The standard InChI is InChI=1S/C21H23N3O4/c25-19(7-1-2-8-20(26)27)23-11-9-16-17-6-3-10-22-21(17)24(18(16)14-23)13-15-5-4-12-28-15/h3-6,10,12H,1-2,7-9,11,13-14H2,(H,26,27). The van der Waals surface area contributed by atoms with E-state index in [-0.39, 0.29) is 12.3 Å². The van der Waals surface area contributed by atoms with Crippen molar-refractivity contribution in [1.82, 2.24) is 14.5 Å². The first-order chi connectivity index (χ1) is 13.6. The molecule has 4 rings (SSSR count). The Morgan fingerprint density at radius 2 is 2.04 bits per heavy atom. The summed E-state index contributed by atoms with van der Waals surface area (Å²) in [7, 11) is 0. The Hall–Kier alpha value is -3.09. The van der Waals surface area contributed by atoms with E-state index in [9.17, 15) is 9.59 Å². The minimum absolute atomic E-state index is 0.0822. The molecule has 0 fully saturated rings. The van der Waals surface area contributed by atoms with Crippen LogP contribution in [0.15, 0.2) is 41.1 Å². The Bertz CT molecular complexity index is 991. The average molecular weight is 381 g/mol. The second-order valence-electron chi connectivity index (χ2n) is 7.13. The minimum Gasteiger partial charge on any atom is -0.481 e. The zero-order valence-electron chi connectivity index (χ0n) is 15.6. The molecule has 3 aromatic rings. The first-order valence-electron chi connectivity index (χ1n) is 9.60. The smallest absolute Gasteiger partial charge is 0.303 e. The van der Waals surface area contributed by atoms with Crippen molar-refractivity contribution < 1.29 is 19.1 Å². The Morgan fingerprint density at radius 1 is 1.18 bits per heavy atom. The zero-order valence-corrected chi connectivity index (χ0v) is 15.6. The van der Waals surface area contributed by atoms with Crippen molar-refractivity contribution in [1.29, 1.82) is 0 Å². The number of pyridine rings is 1. The molecule has 0 aromatic carbocycles. The van der Waals surface area contributed by atoms with Gasteiger partial charge in [0.25, 0.3) is 0 Å². The lowest BCUT2D eigenvalue weighted by molar-refractivity contribution is -0.137. The summed E-state index contributed by atoms with van der Waals surface area (Å²) in [4.78, 5) is 29.7. The summed E-state index contributed by atoms with van der Waals surface area (Å²) in [5.41, 5.74) is 3.28. The topological polar surface area (TPSA) is 88.6 Å². The number of unbranched alkanes of at least 4 members (excludes halogenated alkanes) is 1. The molecule has 4 heterocycles. The number of fused-ring (bicyclic) bond motifs is 3. The normalized spacial score (nSPS) is 13.6. The van der Waals surface area contributed by atoms with Crippen LogP contribution < -0.4 is 0 Å². The van der Waals surface area contributed by atoms with Gasteiger partial charge in [-0.2, -0.15) is 0 Å². The largest absolute Gasteiger partial charge is 0.481 e. The van der Waals surface area contributed by atoms with Gasteiger partial charge in [0.2, 0.25) is 5.91 Å². The number of hydrogen-bond acceptors (Lipinski definition) is 4. The predicted molar refractivity (Wildman–Crippen MR) is 103 cm³/mol. The van der Waals surface area contributed by atoms with E-state index in [2.05, 4.69) is 15.6 Å². The molecule has 7 heteroatoms. The Balaban J connectivity index is 1.55. The molecule has 0 saturated heterocycles. The van der Waals surface area contributed by atoms with Gasteiger partial charge in [-0.3, -0.25) is 9.59 Å². The maximum atomic E-state index is 12.6. The van der Waals surface area contributed by atoms with E-state index in [0.717, 1.165) is 28.9 Å². The maximum Gasteiger partial charge on any atom is 0.303 e. The molecule has 1 aliphatic heterocycles. The van der Waals surface area contributed by atoms with E-state index in [4.69, 9.17) is 9.52 Å². The molecule has 0 bridgehead atoms. The van der Waals surface area contributed by atoms with Crippen molar-refractivity contribution in [3.05, 3.63) is 53.7 Å². The highest BCUT2D eigenvalue weighted by Crippen LogP contribution is 2.31. The first-order valence-corrected chi connectivity index (χ1v) is 9.60. The Labute approximate surface area is 162 Å². The lowest BCUT2D eigenvalue weighted by Crippen LogP contribution is -2.36. The summed E-state index contributed by atoms with van der Waals surface area (Å²) < 4.78 is 7.67. The molecule has 0 unspecified atom stereocenters. The van der Waals surface area contributed by atoms with Gasteiger partial charge in [-0.05, 0) is 49.1 Å². The first kappa shape index (κ1) is 18.3. The summed E-state index contributed by atoms with van der Waals surface area (Å²) in [5.74, 6) is 0.117. The minimum atomic E-state index is -0.815. The van der Waals surface area contributed by atoms with E-state index in [1.165, 1.54) is 5.56 Å². The summed E-state index contributed by atoms with van der Waals surface area (Å²) in [6, 6.07) is 7.84. The van der Waals surface area contributed by atoms with E-state index in [1.54, 1.807) is 12.5 Å². The highest BCUT2D eigenvalue weighted by Gasteiger charge is 2.27. The summed E-state index contributed by atoms with van der Waals surface area (Å²) in [5, 5.41) is 9.87. The lowest BCUT2D eigenvalue weighted by atomic mass is 10.0. The van der Waals surface area contributed by atoms with Crippen LogP contribution in [0.25, 0.3) is 11.0 Å². The van der Waals surface area contributed by atoms with Crippen LogP contribution in [0.5, 0.6) is 0 Å². The zero-order chi connectivity index (χ0) is 19.5. The van der Waals surface area contributed by atoms with E-state index >= 15 is 0 Å². The number of carboxylic acid groups (broad SMARTS) is 1. The van der Waals surface area contributed by atoms with E-state index in [0.29, 0.717) is 38.9 Å². The molecule has 3 aromatic heterocycles. The number of amides is 1. The van der Waals surface area contributed by atoms with Crippen molar-refractivity contribution in [2.24, 2.45) is 0 Å².